The van der Waals surface area contributed by atoms with E-state index in [4.69, 9.17) is 10.5 Å². The summed E-state index contributed by atoms with van der Waals surface area (Å²) in [5, 5.41) is 20.3. The molecule has 36 heavy (non-hydrogen) atoms. The van der Waals surface area contributed by atoms with E-state index in [2.05, 4.69) is 46.8 Å². The summed E-state index contributed by atoms with van der Waals surface area (Å²) in [4.78, 5) is 12.5. The fourth-order valence-electron chi connectivity index (χ4n) is 9.14. The van der Waals surface area contributed by atoms with Gasteiger partial charge in [-0.1, -0.05) is 52.3 Å². The first kappa shape index (κ1) is 25.8. The second-order valence-corrected chi connectivity index (χ2v) is 13.7. The van der Waals surface area contributed by atoms with Crippen LogP contribution < -0.4 is 5.73 Å². The number of aliphatic hydroxyl groups is 2. The van der Waals surface area contributed by atoms with Crippen LogP contribution in [0, 0.1) is 33.0 Å². The van der Waals surface area contributed by atoms with Crippen LogP contribution in [0.1, 0.15) is 86.5 Å². The fourth-order valence-corrected chi connectivity index (χ4v) is 9.14. The molecule has 0 aliphatic heterocycles. The van der Waals surface area contributed by atoms with Crippen molar-refractivity contribution >= 4 is 5.91 Å². The van der Waals surface area contributed by atoms with Gasteiger partial charge in [-0.15, -0.1) is 0 Å². The number of hydrogen-bond donors (Lipinski definition) is 3. The number of carbonyl (C=O) groups is 1. The lowest BCUT2D eigenvalue weighted by atomic mass is 9.34. The summed E-state index contributed by atoms with van der Waals surface area (Å²) in [5.41, 5.74) is 10.5. The van der Waals surface area contributed by atoms with Crippen molar-refractivity contribution in [2.24, 2.45) is 38.7 Å². The molecule has 0 bridgehead atoms. The summed E-state index contributed by atoms with van der Waals surface area (Å²) >= 11 is 0. The number of allylic oxidation sites excluding steroid dienone is 6. The molecule has 4 N–H and O–H groups in total. The third-order valence-corrected chi connectivity index (χ3v) is 11.9. The van der Waals surface area contributed by atoms with E-state index in [1.165, 1.54) is 17.6 Å². The summed E-state index contributed by atoms with van der Waals surface area (Å²) in [7, 11) is 0. The molecular weight excluding hydrogens is 450 g/mol. The summed E-state index contributed by atoms with van der Waals surface area (Å²) in [6, 6.07) is 0. The first-order valence-corrected chi connectivity index (χ1v) is 13.8. The molecule has 1 amide bonds. The van der Waals surface area contributed by atoms with E-state index in [9.17, 15) is 15.0 Å². The third-order valence-electron chi connectivity index (χ3n) is 11.9. The Morgan fingerprint density at radius 3 is 2.42 bits per heavy atom. The summed E-state index contributed by atoms with van der Waals surface area (Å²) in [5.74, 6) is 0.845. The Bertz CT molecular complexity index is 1120. The lowest BCUT2D eigenvalue weighted by molar-refractivity contribution is -0.167. The normalized spacial score (nSPS) is 45.8. The van der Waals surface area contributed by atoms with Crippen molar-refractivity contribution in [2.75, 3.05) is 13.2 Å². The summed E-state index contributed by atoms with van der Waals surface area (Å²) in [6.07, 6.45) is 13.0. The van der Waals surface area contributed by atoms with Crippen LogP contribution in [0.5, 0.6) is 0 Å². The van der Waals surface area contributed by atoms with Crippen molar-refractivity contribution in [2.45, 2.75) is 92.6 Å². The largest absolute Gasteiger partial charge is 0.492 e. The van der Waals surface area contributed by atoms with Crippen molar-refractivity contribution in [1.29, 1.82) is 0 Å². The first-order chi connectivity index (χ1) is 16.8. The molecule has 3 saturated carbocycles. The SMILES string of the molecule is CC1=C(OCCO)C(O)C=C2C1=CC=C1[C@@]2(C)CC[C@@]2(C)[C@@H]3C[C@](C)(C(N)=O)CC[C@]3(C)CC[C@]12C. The van der Waals surface area contributed by atoms with Gasteiger partial charge in [0.2, 0.25) is 5.91 Å². The summed E-state index contributed by atoms with van der Waals surface area (Å²) < 4.78 is 5.74. The highest BCUT2D eigenvalue weighted by atomic mass is 16.5. The highest BCUT2D eigenvalue weighted by Gasteiger charge is 2.67. The molecule has 1 unspecified atom stereocenters. The van der Waals surface area contributed by atoms with Crippen LogP contribution in [-0.2, 0) is 9.53 Å². The van der Waals surface area contributed by atoms with Gasteiger partial charge in [-0.25, -0.2) is 0 Å². The first-order valence-electron chi connectivity index (χ1n) is 13.8. The van der Waals surface area contributed by atoms with Gasteiger partial charge in [0.15, 0.2) is 0 Å². The molecular formula is C31H45NO4. The van der Waals surface area contributed by atoms with Crippen molar-refractivity contribution in [1.82, 2.24) is 0 Å². The fraction of sp³-hybridized carbons (Fsp3) is 0.710. The van der Waals surface area contributed by atoms with Gasteiger partial charge in [-0.2, -0.15) is 0 Å². The van der Waals surface area contributed by atoms with Crippen molar-refractivity contribution in [3.63, 3.8) is 0 Å². The Morgan fingerprint density at radius 2 is 1.75 bits per heavy atom. The van der Waals surface area contributed by atoms with Gasteiger partial charge in [0.25, 0.3) is 0 Å². The number of hydrogen-bond acceptors (Lipinski definition) is 4. The Hall–Kier alpha value is -1.85. The van der Waals surface area contributed by atoms with Crippen molar-refractivity contribution in [3.05, 3.63) is 46.3 Å². The number of aliphatic hydroxyl groups excluding tert-OH is 2. The molecule has 0 spiro atoms. The number of primary amides is 1. The van der Waals surface area contributed by atoms with Gasteiger partial charge in [0, 0.05) is 10.8 Å². The third kappa shape index (κ3) is 3.24. The van der Waals surface area contributed by atoms with Gasteiger partial charge in [0.1, 0.15) is 18.5 Å². The Balaban J connectivity index is 1.59. The van der Waals surface area contributed by atoms with Crippen molar-refractivity contribution in [3.8, 4) is 0 Å². The second-order valence-electron chi connectivity index (χ2n) is 13.7. The maximum atomic E-state index is 12.5. The molecule has 5 nitrogen and oxygen atoms in total. The molecule has 0 aromatic carbocycles. The molecule has 0 radical (unpaired) electrons. The lowest BCUT2D eigenvalue weighted by Gasteiger charge is -2.70. The molecule has 5 rings (SSSR count). The smallest absolute Gasteiger partial charge is 0.223 e. The Morgan fingerprint density at radius 1 is 1.06 bits per heavy atom. The van der Waals surface area contributed by atoms with E-state index >= 15 is 0 Å². The average Bonchev–Trinajstić information content (AvgIpc) is 2.82. The minimum atomic E-state index is -0.801. The van der Waals surface area contributed by atoms with Gasteiger partial charge in [-0.3, -0.25) is 4.79 Å². The van der Waals surface area contributed by atoms with E-state index in [0.29, 0.717) is 11.7 Å². The van der Waals surface area contributed by atoms with Gasteiger partial charge < -0.3 is 20.7 Å². The van der Waals surface area contributed by atoms with E-state index in [-0.39, 0.29) is 40.8 Å². The number of ether oxygens (including phenoxy) is 1. The molecule has 0 heterocycles. The predicted octanol–water partition coefficient (Wildman–Crippen LogP) is 5.34. The Kier molecular flexibility index (Phi) is 5.78. The Labute approximate surface area is 216 Å². The van der Waals surface area contributed by atoms with E-state index < -0.39 is 11.5 Å². The van der Waals surface area contributed by atoms with Crippen LogP contribution in [0.4, 0.5) is 0 Å². The molecule has 198 valence electrons. The quantitative estimate of drug-likeness (QED) is 0.491. The number of amides is 1. The van der Waals surface area contributed by atoms with Crippen LogP contribution in [-0.4, -0.2) is 35.4 Å². The van der Waals surface area contributed by atoms with Crippen LogP contribution in [0.2, 0.25) is 0 Å². The van der Waals surface area contributed by atoms with Gasteiger partial charge >= 0.3 is 0 Å². The van der Waals surface area contributed by atoms with Gasteiger partial charge in [0.05, 0.1) is 6.61 Å². The number of nitrogens with two attached hydrogens (primary N) is 1. The number of carbonyl (C=O) groups excluding carboxylic acids is 1. The molecule has 5 aliphatic carbocycles. The molecule has 7 atom stereocenters. The number of fused-ring (bicyclic) bond motifs is 7. The van der Waals surface area contributed by atoms with E-state index in [0.717, 1.165) is 49.7 Å². The van der Waals surface area contributed by atoms with Crippen LogP contribution in [0.3, 0.4) is 0 Å². The highest BCUT2D eigenvalue weighted by molar-refractivity contribution is 5.80. The van der Waals surface area contributed by atoms with Gasteiger partial charge in [-0.05, 0) is 96.8 Å². The zero-order valence-corrected chi connectivity index (χ0v) is 23.0. The summed E-state index contributed by atoms with van der Waals surface area (Å²) in [6.45, 7) is 14.0. The molecule has 3 fully saturated rings. The lowest BCUT2D eigenvalue weighted by Crippen LogP contribution is -2.62. The maximum Gasteiger partial charge on any atom is 0.223 e. The van der Waals surface area contributed by atoms with E-state index in [1.807, 2.05) is 13.0 Å². The molecule has 0 saturated heterocycles. The maximum absolute atomic E-state index is 12.5. The minimum Gasteiger partial charge on any atom is -0.492 e. The topological polar surface area (TPSA) is 92.8 Å². The second kappa shape index (κ2) is 8.07. The number of rotatable bonds is 4. The monoisotopic (exact) mass is 495 g/mol. The highest BCUT2D eigenvalue weighted by Crippen LogP contribution is 2.75. The molecule has 5 aliphatic rings. The van der Waals surface area contributed by atoms with E-state index in [1.54, 1.807) is 0 Å². The standard InChI is InChI=1S/C31H45NO4/c1-19-20-7-8-23-29(4,21(20)17-22(34)25(19)36-16-15-33)12-14-31(6)24-18-28(3,26(32)35)10-9-27(24,2)11-13-30(23,31)5/h7-8,17,22,24,33-34H,9-16,18H2,1-6H3,(H2,32,35)/t22?,24-,27-,28-,29+,30-,31+/m1/s1. The van der Waals surface area contributed by atoms with Crippen molar-refractivity contribution < 1.29 is 19.7 Å². The van der Waals surface area contributed by atoms with Crippen LogP contribution >= 0.6 is 0 Å². The van der Waals surface area contributed by atoms with Crippen LogP contribution in [0.25, 0.3) is 0 Å². The van der Waals surface area contributed by atoms with Crippen LogP contribution in [0.15, 0.2) is 46.3 Å². The zero-order chi connectivity index (χ0) is 26.3. The molecule has 5 heteroatoms. The predicted molar refractivity (Wildman–Crippen MR) is 142 cm³/mol. The molecule has 0 aromatic heterocycles. The zero-order valence-electron chi connectivity index (χ0n) is 23.0. The average molecular weight is 496 g/mol. The molecule has 0 aromatic rings. The minimum absolute atomic E-state index is 0.000814.